The van der Waals surface area contributed by atoms with Crippen LogP contribution in [0.15, 0.2) is 23.1 Å². The van der Waals surface area contributed by atoms with E-state index in [0.29, 0.717) is 7.11 Å². The number of carbonyl (C=O) groups is 1. The van der Waals surface area contributed by atoms with Gasteiger partial charge in [0.1, 0.15) is 11.5 Å². The van der Waals surface area contributed by atoms with Crippen LogP contribution in [-0.2, 0) is 9.53 Å². The molecular weight excluding hydrogens is 292 g/mol. The van der Waals surface area contributed by atoms with E-state index >= 15 is 0 Å². The summed E-state index contributed by atoms with van der Waals surface area (Å²) in [5.41, 5.74) is 0. The Morgan fingerprint density at radius 3 is 2.26 bits per heavy atom. The molecule has 0 bridgehead atoms. The van der Waals surface area contributed by atoms with Crippen LogP contribution in [0, 0.1) is 0 Å². The third-order valence-electron chi connectivity index (χ3n) is 2.01. The third-order valence-corrected chi connectivity index (χ3v) is 3.25. The van der Waals surface area contributed by atoms with Crippen LogP contribution in [0.2, 0.25) is 0 Å². The van der Waals surface area contributed by atoms with E-state index in [9.17, 15) is 27.5 Å². The van der Waals surface area contributed by atoms with E-state index in [4.69, 9.17) is 5.11 Å². The fourth-order valence-electron chi connectivity index (χ4n) is 1.09. The molecule has 1 aromatic carbocycles. The topological polar surface area (TPSA) is 66.8 Å². The van der Waals surface area contributed by atoms with Gasteiger partial charge >= 0.3 is 17.1 Å². The maximum atomic E-state index is 13.8. The SMILES string of the molecule is COC(=O)C(F)(Sc1ccc(O)cc1O)C(F)(F)F. The highest BCUT2D eigenvalue weighted by molar-refractivity contribution is 8.01. The molecule has 4 nitrogen and oxygen atoms in total. The van der Waals surface area contributed by atoms with E-state index < -0.39 is 45.3 Å². The summed E-state index contributed by atoms with van der Waals surface area (Å²) >= 11 is -0.561. The monoisotopic (exact) mass is 300 g/mol. The Hall–Kier alpha value is -1.64. The first-order valence-electron chi connectivity index (χ1n) is 4.67. The molecule has 9 heteroatoms. The van der Waals surface area contributed by atoms with Crippen molar-refractivity contribution >= 4 is 17.7 Å². The molecule has 106 valence electrons. The van der Waals surface area contributed by atoms with E-state index in [0.717, 1.165) is 18.2 Å². The van der Waals surface area contributed by atoms with Gasteiger partial charge in [-0.3, -0.25) is 0 Å². The molecule has 0 fully saturated rings. The van der Waals surface area contributed by atoms with Crippen LogP contribution in [0.5, 0.6) is 11.5 Å². The molecule has 19 heavy (non-hydrogen) atoms. The maximum absolute atomic E-state index is 13.8. The number of thioether (sulfide) groups is 1. The number of hydrogen-bond acceptors (Lipinski definition) is 5. The van der Waals surface area contributed by atoms with Gasteiger partial charge in [0, 0.05) is 6.07 Å². The highest BCUT2D eigenvalue weighted by atomic mass is 32.2. The van der Waals surface area contributed by atoms with Crippen LogP contribution in [0.3, 0.4) is 0 Å². The molecule has 0 saturated carbocycles. The zero-order chi connectivity index (χ0) is 14.8. The molecule has 0 aliphatic carbocycles. The molecule has 2 N–H and O–H groups in total. The van der Waals surface area contributed by atoms with Crippen LogP contribution in [0.25, 0.3) is 0 Å². The number of ether oxygens (including phenoxy) is 1. The second-order valence-corrected chi connectivity index (χ2v) is 4.55. The molecule has 1 unspecified atom stereocenters. The zero-order valence-electron chi connectivity index (χ0n) is 9.36. The number of phenols is 2. The predicted octanol–water partition coefficient (Wildman–Crippen LogP) is 2.59. The van der Waals surface area contributed by atoms with Gasteiger partial charge < -0.3 is 14.9 Å². The van der Waals surface area contributed by atoms with Gasteiger partial charge in [0.15, 0.2) is 0 Å². The number of alkyl halides is 4. The lowest BCUT2D eigenvalue weighted by Gasteiger charge is -2.24. The Morgan fingerprint density at radius 2 is 1.84 bits per heavy atom. The standard InChI is InChI=1S/C10H8F4O4S/c1-18-8(17)9(11,10(12,13)14)19-7-3-2-5(15)4-6(7)16/h2-4,15-16H,1H3. The van der Waals surface area contributed by atoms with Crippen LogP contribution < -0.4 is 0 Å². The second kappa shape index (κ2) is 5.16. The number of methoxy groups -OCH3 is 1. The first kappa shape index (κ1) is 15.4. The van der Waals surface area contributed by atoms with Crippen molar-refractivity contribution in [2.75, 3.05) is 7.11 Å². The fraction of sp³-hybridized carbons (Fsp3) is 0.300. The third kappa shape index (κ3) is 3.03. The summed E-state index contributed by atoms with van der Waals surface area (Å²) in [5.74, 6) is -3.35. The van der Waals surface area contributed by atoms with E-state index in [1.807, 2.05) is 0 Å². The first-order chi connectivity index (χ1) is 8.61. The molecule has 0 saturated heterocycles. The van der Waals surface area contributed by atoms with Gasteiger partial charge in [0.05, 0.1) is 12.0 Å². The van der Waals surface area contributed by atoms with Crippen LogP contribution >= 0.6 is 11.8 Å². The molecule has 0 aromatic heterocycles. The van der Waals surface area contributed by atoms with Crippen LogP contribution in [0.4, 0.5) is 17.6 Å². The van der Waals surface area contributed by atoms with Crippen molar-refractivity contribution in [2.45, 2.75) is 16.1 Å². The number of phenolic OH excluding ortho intramolecular Hbond substituents is 2. The zero-order valence-corrected chi connectivity index (χ0v) is 10.2. The van der Waals surface area contributed by atoms with Crippen molar-refractivity contribution in [1.29, 1.82) is 0 Å². The first-order valence-corrected chi connectivity index (χ1v) is 5.48. The Bertz CT molecular complexity index is 491. The van der Waals surface area contributed by atoms with Gasteiger partial charge in [-0.1, -0.05) is 11.8 Å². The molecule has 1 atom stereocenters. The molecule has 0 aliphatic rings. The summed E-state index contributed by atoms with van der Waals surface area (Å²) in [4.78, 5) is 10.4. The lowest BCUT2D eigenvalue weighted by Crippen LogP contribution is -2.45. The smallest absolute Gasteiger partial charge is 0.443 e. The van der Waals surface area contributed by atoms with Crippen molar-refractivity contribution in [3.8, 4) is 11.5 Å². The molecular formula is C10H8F4O4S. The molecule has 0 heterocycles. The fourth-order valence-corrected chi connectivity index (χ4v) is 1.98. The number of hydrogen-bond donors (Lipinski definition) is 2. The minimum absolute atomic E-state index is 0.420. The van der Waals surface area contributed by atoms with Crippen molar-refractivity contribution < 1.29 is 37.3 Å². The van der Waals surface area contributed by atoms with Crippen molar-refractivity contribution in [3.05, 3.63) is 18.2 Å². The van der Waals surface area contributed by atoms with Crippen molar-refractivity contribution in [2.24, 2.45) is 0 Å². The number of esters is 1. The molecule has 0 spiro atoms. The maximum Gasteiger partial charge on any atom is 0.443 e. The van der Waals surface area contributed by atoms with Gasteiger partial charge in [-0.2, -0.15) is 13.2 Å². The van der Waals surface area contributed by atoms with Crippen LogP contribution in [-0.4, -0.2) is 34.5 Å². The average molecular weight is 300 g/mol. The number of rotatable bonds is 3. The summed E-state index contributed by atoms with van der Waals surface area (Å²) in [6.45, 7) is 0. The van der Waals surface area contributed by atoms with Gasteiger partial charge in [-0.15, -0.1) is 0 Å². The van der Waals surface area contributed by atoms with Crippen molar-refractivity contribution in [3.63, 3.8) is 0 Å². The second-order valence-electron chi connectivity index (χ2n) is 3.34. The average Bonchev–Trinajstić information content (AvgIpc) is 2.30. The lowest BCUT2D eigenvalue weighted by atomic mass is 10.3. The van der Waals surface area contributed by atoms with Gasteiger partial charge in [-0.05, 0) is 12.1 Å². The largest absolute Gasteiger partial charge is 0.508 e. The molecule has 0 amide bonds. The Labute approximate surface area is 109 Å². The Morgan fingerprint density at radius 1 is 1.26 bits per heavy atom. The highest BCUT2D eigenvalue weighted by Crippen LogP contribution is 2.49. The highest BCUT2D eigenvalue weighted by Gasteiger charge is 2.64. The van der Waals surface area contributed by atoms with E-state index in [1.54, 1.807) is 0 Å². The molecule has 1 rings (SSSR count). The Balaban J connectivity index is 3.19. The minimum Gasteiger partial charge on any atom is -0.508 e. The van der Waals surface area contributed by atoms with E-state index in [-0.39, 0.29) is 0 Å². The minimum atomic E-state index is -5.53. The molecule has 0 aliphatic heterocycles. The van der Waals surface area contributed by atoms with Crippen LogP contribution in [0.1, 0.15) is 0 Å². The number of halogens is 4. The summed E-state index contributed by atoms with van der Waals surface area (Å²) in [6, 6.07) is 2.50. The molecule has 1 aromatic rings. The normalized spacial score (nSPS) is 14.8. The lowest BCUT2D eigenvalue weighted by molar-refractivity contribution is -0.209. The van der Waals surface area contributed by atoms with E-state index in [1.165, 1.54) is 0 Å². The number of carbonyl (C=O) groups excluding carboxylic acids is 1. The van der Waals surface area contributed by atoms with E-state index in [2.05, 4.69) is 4.74 Å². The Kier molecular flexibility index (Phi) is 4.18. The van der Waals surface area contributed by atoms with Gasteiger partial charge in [0.2, 0.25) is 0 Å². The van der Waals surface area contributed by atoms with Gasteiger partial charge in [-0.25, -0.2) is 9.18 Å². The van der Waals surface area contributed by atoms with Gasteiger partial charge in [0.25, 0.3) is 0 Å². The summed E-state index contributed by atoms with van der Waals surface area (Å²) in [7, 11) is 0.611. The quantitative estimate of drug-likeness (QED) is 0.510. The number of aromatic hydroxyl groups is 2. The predicted molar refractivity (Wildman–Crippen MR) is 57.5 cm³/mol. The molecule has 0 radical (unpaired) electrons. The number of benzene rings is 1. The summed E-state index contributed by atoms with van der Waals surface area (Å²) in [6.07, 6.45) is -5.53. The summed E-state index contributed by atoms with van der Waals surface area (Å²) in [5, 5.41) is 13.9. The van der Waals surface area contributed by atoms with Crippen molar-refractivity contribution in [1.82, 2.24) is 0 Å². The summed E-state index contributed by atoms with van der Waals surface area (Å²) < 4.78 is 55.5.